The van der Waals surface area contributed by atoms with Crippen LogP contribution < -0.4 is 10.6 Å². The van der Waals surface area contributed by atoms with Gasteiger partial charge < -0.3 is 10.6 Å². The van der Waals surface area contributed by atoms with Gasteiger partial charge in [-0.3, -0.25) is 4.79 Å². The highest BCUT2D eigenvalue weighted by Crippen LogP contribution is 2.29. The van der Waals surface area contributed by atoms with Crippen molar-refractivity contribution in [3.05, 3.63) is 0 Å². The molecule has 3 nitrogen and oxygen atoms in total. The van der Waals surface area contributed by atoms with E-state index in [9.17, 15) is 4.79 Å². The van der Waals surface area contributed by atoms with Crippen LogP contribution in [0.25, 0.3) is 0 Å². The third-order valence-corrected chi connectivity index (χ3v) is 3.46. The van der Waals surface area contributed by atoms with Gasteiger partial charge in [0.25, 0.3) is 0 Å². The normalized spacial score (nSPS) is 34.5. The van der Waals surface area contributed by atoms with E-state index in [0.717, 1.165) is 18.9 Å². The average Bonchev–Trinajstić information content (AvgIpc) is 2.44. The lowest BCUT2D eigenvalue weighted by molar-refractivity contribution is -0.122. The Hall–Kier alpha value is -0.570. The van der Waals surface area contributed by atoms with Gasteiger partial charge in [-0.2, -0.15) is 0 Å². The first-order chi connectivity index (χ1) is 7.13. The number of hydrogen-bond donors (Lipinski definition) is 2. The minimum absolute atomic E-state index is 0.233. The van der Waals surface area contributed by atoms with Gasteiger partial charge in [-0.25, -0.2) is 0 Å². The van der Waals surface area contributed by atoms with Crippen LogP contribution in [-0.2, 0) is 4.79 Å². The van der Waals surface area contributed by atoms with Crippen LogP contribution in [-0.4, -0.2) is 24.5 Å². The highest BCUT2D eigenvalue weighted by molar-refractivity contribution is 5.76. The maximum absolute atomic E-state index is 11.6. The van der Waals surface area contributed by atoms with Crippen LogP contribution in [0.4, 0.5) is 0 Å². The molecule has 1 amide bonds. The molecule has 1 aliphatic heterocycles. The Labute approximate surface area is 92.0 Å². The van der Waals surface area contributed by atoms with Crippen molar-refractivity contribution < 1.29 is 4.79 Å². The fourth-order valence-corrected chi connectivity index (χ4v) is 2.88. The van der Waals surface area contributed by atoms with Crippen molar-refractivity contribution in [2.75, 3.05) is 6.54 Å². The van der Waals surface area contributed by atoms with Gasteiger partial charge in [0.05, 0.1) is 0 Å². The van der Waals surface area contributed by atoms with E-state index in [1.54, 1.807) is 0 Å². The Morgan fingerprint density at radius 2 is 2.20 bits per heavy atom. The number of carbonyl (C=O) groups is 1. The highest BCUT2D eigenvalue weighted by Gasteiger charge is 2.34. The van der Waals surface area contributed by atoms with E-state index in [2.05, 4.69) is 24.5 Å². The maximum atomic E-state index is 11.6. The predicted octanol–water partition coefficient (Wildman–Crippen LogP) is 1.29. The van der Waals surface area contributed by atoms with Crippen LogP contribution in [0.1, 0.15) is 39.5 Å². The second-order valence-corrected chi connectivity index (χ2v) is 5.54. The van der Waals surface area contributed by atoms with Gasteiger partial charge in [0.1, 0.15) is 0 Å². The summed E-state index contributed by atoms with van der Waals surface area (Å²) < 4.78 is 0. The molecule has 15 heavy (non-hydrogen) atoms. The first-order valence-corrected chi connectivity index (χ1v) is 6.16. The van der Waals surface area contributed by atoms with Crippen molar-refractivity contribution in [2.45, 2.75) is 51.6 Å². The van der Waals surface area contributed by atoms with E-state index in [-0.39, 0.29) is 5.91 Å². The summed E-state index contributed by atoms with van der Waals surface area (Å²) in [6.45, 7) is 5.33. The molecule has 3 unspecified atom stereocenters. The largest absolute Gasteiger partial charge is 0.353 e. The molecule has 0 aromatic heterocycles. The van der Waals surface area contributed by atoms with Gasteiger partial charge >= 0.3 is 0 Å². The maximum Gasteiger partial charge on any atom is 0.220 e. The first kappa shape index (κ1) is 10.9. The summed E-state index contributed by atoms with van der Waals surface area (Å²) in [5.41, 5.74) is 0. The summed E-state index contributed by atoms with van der Waals surface area (Å²) in [7, 11) is 0. The molecule has 3 atom stereocenters. The minimum Gasteiger partial charge on any atom is -0.353 e. The quantitative estimate of drug-likeness (QED) is 0.737. The Morgan fingerprint density at radius 1 is 1.40 bits per heavy atom. The lowest BCUT2D eigenvalue weighted by Crippen LogP contribution is -2.41. The second kappa shape index (κ2) is 4.52. The molecule has 1 saturated carbocycles. The highest BCUT2D eigenvalue weighted by atomic mass is 16.1. The fraction of sp³-hybridized carbons (Fsp3) is 0.917. The molecule has 0 spiro atoms. The molecule has 2 N–H and O–H groups in total. The molecular weight excluding hydrogens is 188 g/mol. The topological polar surface area (TPSA) is 41.1 Å². The van der Waals surface area contributed by atoms with Gasteiger partial charge in [0, 0.05) is 18.5 Å². The van der Waals surface area contributed by atoms with Gasteiger partial charge in [-0.15, -0.1) is 0 Å². The lowest BCUT2D eigenvalue weighted by atomic mass is 9.86. The Balaban J connectivity index is 1.78. The van der Waals surface area contributed by atoms with Crippen LogP contribution in [0.2, 0.25) is 0 Å². The number of hydrogen-bond acceptors (Lipinski definition) is 2. The zero-order chi connectivity index (χ0) is 10.8. The summed E-state index contributed by atoms with van der Waals surface area (Å²) >= 11 is 0. The molecule has 2 bridgehead atoms. The van der Waals surface area contributed by atoms with E-state index in [4.69, 9.17) is 0 Å². The molecule has 0 radical (unpaired) electrons. The third-order valence-electron chi connectivity index (χ3n) is 3.46. The molecule has 1 aliphatic carbocycles. The molecule has 86 valence electrons. The fourth-order valence-electron chi connectivity index (χ4n) is 2.88. The van der Waals surface area contributed by atoms with Gasteiger partial charge in [0.2, 0.25) is 5.91 Å². The zero-order valence-electron chi connectivity index (χ0n) is 9.75. The Morgan fingerprint density at radius 3 is 2.87 bits per heavy atom. The monoisotopic (exact) mass is 210 g/mol. The van der Waals surface area contributed by atoms with Crippen molar-refractivity contribution in [1.82, 2.24) is 10.6 Å². The van der Waals surface area contributed by atoms with E-state index < -0.39 is 0 Å². The van der Waals surface area contributed by atoms with Crippen LogP contribution in [0.15, 0.2) is 0 Å². The number of fused-ring (bicyclic) bond motifs is 2. The number of carbonyl (C=O) groups excluding carboxylic acids is 1. The lowest BCUT2D eigenvalue weighted by Gasteiger charge is -2.27. The van der Waals surface area contributed by atoms with Crippen molar-refractivity contribution in [3.63, 3.8) is 0 Å². The number of amides is 1. The molecule has 0 aromatic rings. The third kappa shape index (κ3) is 2.94. The summed E-state index contributed by atoms with van der Waals surface area (Å²) in [5, 5.41) is 6.68. The standard InChI is InChI=1S/C12H22N2O/c1-8(2)3-12(15)14-11-5-9-4-10(6-11)13-7-9/h8-11,13H,3-7H2,1-2H3,(H,14,15). The van der Waals surface area contributed by atoms with Crippen LogP contribution in [0.3, 0.4) is 0 Å². The van der Waals surface area contributed by atoms with E-state index >= 15 is 0 Å². The molecule has 1 heterocycles. The summed E-state index contributed by atoms with van der Waals surface area (Å²) in [6, 6.07) is 1.09. The van der Waals surface area contributed by atoms with E-state index in [1.165, 1.54) is 12.8 Å². The van der Waals surface area contributed by atoms with Gasteiger partial charge in [-0.1, -0.05) is 13.8 Å². The van der Waals surface area contributed by atoms with Crippen LogP contribution >= 0.6 is 0 Å². The number of rotatable bonds is 3. The number of nitrogens with one attached hydrogen (secondary N) is 2. The molecule has 3 heteroatoms. The molecule has 1 saturated heterocycles. The molecular formula is C12H22N2O. The van der Waals surface area contributed by atoms with Crippen LogP contribution in [0, 0.1) is 11.8 Å². The van der Waals surface area contributed by atoms with Crippen LogP contribution in [0.5, 0.6) is 0 Å². The van der Waals surface area contributed by atoms with E-state index in [0.29, 0.717) is 24.4 Å². The van der Waals surface area contributed by atoms with Gasteiger partial charge in [-0.05, 0) is 37.6 Å². The van der Waals surface area contributed by atoms with Crippen molar-refractivity contribution in [2.24, 2.45) is 11.8 Å². The Kier molecular flexibility index (Phi) is 3.29. The summed E-state index contributed by atoms with van der Waals surface area (Å²) in [4.78, 5) is 11.6. The molecule has 2 fully saturated rings. The second-order valence-electron chi connectivity index (χ2n) is 5.54. The smallest absolute Gasteiger partial charge is 0.220 e. The van der Waals surface area contributed by atoms with E-state index in [1.807, 2.05) is 0 Å². The zero-order valence-corrected chi connectivity index (χ0v) is 9.75. The minimum atomic E-state index is 0.233. The molecule has 0 aromatic carbocycles. The van der Waals surface area contributed by atoms with Gasteiger partial charge in [0.15, 0.2) is 0 Å². The summed E-state index contributed by atoms with van der Waals surface area (Å²) in [6.07, 6.45) is 4.28. The van der Waals surface area contributed by atoms with Crippen molar-refractivity contribution in [3.8, 4) is 0 Å². The molecule has 2 rings (SSSR count). The summed E-state index contributed by atoms with van der Waals surface area (Å²) in [5.74, 6) is 1.49. The SMILES string of the molecule is CC(C)CC(=O)NC1CC2CNC(C2)C1. The average molecular weight is 210 g/mol. The first-order valence-electron chi connectivity index (χ1n) is 6.16. The van der Waals surface area contributed by atoms with Crippen molar-refractivity contribution in [1.29, 1.82) is 0 Å². The molecule has 2 aliphatic rings. The van der Waals surface area contributed by atoms with Crippen molar-refractivity contribution >= 4 is 5.91 Å². The Bertz CT molecular complexity index is 228. The predicted molar refractivity (Wildman–Crippen MR) is 60.5 cm³/mol.